The van der Waals surface area contributed by atoms with Gasteiger partial charge in [0.15, 0.2) is 0 Å². The molecule has 112 valence electrons. The van der Waals surface area contributed by atoms with Crippen LogP contribution in [-0.2, 0) is 6.42 Å². The number of hydrogen-bond acceptors (Lipinski definition) is 2. The number of benzene rings is 2. The van der Waals surface area contributed by atoms with Crippen LogP contribution in [-0.4, -0.2) is 19.7 Å². The van der Waals surface area contributed by atoms with Crippen molar-refractivity contribution in [3.63, 3.8) is 0 Å². The van der Waals surface area contributed by atoms with E-state index in [1.165, 1.54) is 35.6 Å². The molecule has 1 unspecified atom stereocenters. The number of methoxy groups -OCH3 is 1. The van der Waals surface area contributed by atoms with Gasteiger partial charge in [-0.2, -0.15) is 0 Å². The van der Waals surface area contributed by atoms with Crippen LogP contribution in [0.5, 0.6) is 5.75 Å². The molecule has 2 aromatic rings. The maximum absolute atomic E-state index is 5.39. The van der Waals surface area contributed by atoms with Gasteiger partial charge >= 0.3 is 0 Å². The molecule has 1 aliphatic carbocycles. The van der Waals surface area contributed by atoms with Crippen molar-refractivity contribution < 1.29 is 4.74 Å². The Bertz CT molecular complexity index is 604. The molecule has 0 heterocycles. The summed E-state index contributed by atoms with van der Waals surface area (Å²) in [6, 6.07) is 13.6. The summed E-state index contributed by atoms with van der Waals surface area (Å²) in [7, 11) is 1.74. The summed E-state index contributed by atoms with van der Waals surface area (Å²) in [5.41, 5.74) is 1.44. The minimum Gasteiger partial charge on any atom is -0.497 e. The summed E-state index contributed by atoms with van der Waals surface area (Å²) in [5.74, 6) is 1.82. The molecular weight excluding hydrogens is 258 g/mol. The molecule has 0 radical (unpaired) electrons. The van der Waals surface area contributed by atoms with Gasteiger partial charge in [-0.25, -0.2) is 0 Å². The molecule has 0 saturated heterocycles. The van der Waals surface area contributed by atoms with Gasteiger partial charge in [-0.05, 0) is 66.6 Å². The van der Waals surface area contributed by atoms with Gasteiger partial charge in [-0.15, -0.1) is 0 Å². The van der Waals surface area contributed by atoms with E-state index in [0.29, 0.717) is 6.04 Å². The van der Waals surface area contributed by atoms with Gasteiger partial charge in [0.25, 0.3) is 0 Å². The zero-order valence-electron chi connectivity index (χ0n) is 13.1. The van der Waals surface area contributed by atoms with Gasteiger partial charge in [0.1, 0.15) is 5.75 Å². The molecule has 2 heteroatoms. The largest absolute Gasteiger partial charge is 0.497 e. The lowest BCUT2D eigenvalue weighted by Crippen LogP contribution is -2.33. The molecule has 0 spiro atoms. The van der Waals surface area contributed by atoms with Crippen molar-refractivity contribution in [1.29, 1.82) is 0 Å². The van der Waals surface area contributed by atoms with Crippen molar-refractivity contribution in [3.8, 4) is 5.75 Å². The van der Waals surface area contributed by atoms with Crippen LogP contribution in [0.1, 0.15) is 31.7 Å². The van der Waals surface area contributed by atoms with Crippen LogP contribution in [0.3, 0.4) is 0 Å². The van der Waals surface area contributed by atoms with Crippen molar-refractivity contribution in [2.24, 2.45) is 5.92 Å². The van der Waals surface area contributed by atoms with Crippen LogP contribution in [0.25, 0.3) is 10.8 Å². The molecule has 1 atom stereocenters. The van der Waals surface area contributed by atoms with E-state index in [2.05, 4.69) is 42.6 Å². The predicted molar refractivity (Wildman–Crippen MR) is 89.0 cm³/mol. The number of ether oxygens (including phenoxy) is 1. The lowest BCUT2D eigenvalue weighted by molar-refractivity contribution is 0.415. The quantitative estimate of drug-likeness (QED) is 0.823. The summed E-state index contributed by atoms with van der Waals surface area (Å²) in [4.78, 5) is 0. The van der Waals surface area contributed by atoms with E-state index in [4.69, 9.17) is 4.74 Å². The Hall–Kier alpha value is -1.54. The topological polar surface area (TPSA) is 21.3 Å². The fourth-order valence-electron chi connectivity index (χ4n) is 3.09. The molecule has 0 amide bonds. The molecule has 0 aliphatic heterocycles. The Morgan fingerprint density at radius 1 is 1.24 bits per heavy atom. The predicted octanol–water partition coefficient (Wildman–Crippen LogP) is 4.17. The van der Waals surface area contributed by atoms with Crippen molar-refractivity contribution in [2.45, 2.75) is 38.6 Å². The Balaban J connectivity index is 1.87. The summed E-state index contributed by atoms with van der Waals surface area (Å²) < 4.78 is 5.39. The van der Waals surface area contributed by atoms with Crippen LogP contribution in [0.15, 0.2) is 36.4 Å². The van der Waals surface area contributed by atoms with Crippen molar-refractivity contribution in [2.75, 3.05) is 13.7 Å². The number of nitrogens with one attached hydrogen (secondary N) is 1. The average Bonchev–Trinajstić information content (AvgIpc) is 3.36. The van der Waals surface area contributed by atoms with Gasteiger partial charge in [-0.3, -0.25) is 0 Å². The smallest absolute Gasteiger partial charge is 0.119 e. The van der Waals surface area contributed by atoms with Crippen molar-refractivity contribution in [1.82, 2.24) is 5.32 Å². The van der Waals surface area contributed by atoms with Crippen molar-refractivity contribution >= 4 is 10.8 Å². The van der Waals surface area contributed by atoms with Gasteiger partial charge in [0, 0.05) is 6.04 Å². The Morgan fingerprint density at radius 3 is 2.81 bits per heavy atom. The standard InChI is InChI=1S/C19H25NO/c1-3-11-20-19(15-7-8-15)12-16-6-4-5-14-9-10-17(21-2)13-18(14)16/h4-6,9-10,13,15,19-20H,3,7-8,11-12H2,1-2H3. The Morgan fingerprint density at radius 2 is 2.10 bits per heavy atom. The molecule has 21 heavy (non-hydrogen) atoms. The molecule has 0 bridgehead atoms. The van der Waals surface area contributed by atoms with Gasteiger partial charge in [0.2, 0.25) is 0 Å². The first-order valence-corrected chi connectivity index (χ1v) is 8.11. The highest BCUT2D eigenvalue weighted by Crippen LogP contribution is 2.35. The van der Waals surface area contributed by atoms with E-state index < -0.39 is 0 Å². The summed E-state index contributed by atoms with van der Waals surface area (Å²) in [5, 5.41) is 6.38. The molecule has 1 saturated carbocycles. The van der Waals surface area contributed by atoms with Crippen LogP contribution in [0, 0.1) is 5.92 Å². The lowest BCUT2D eigenvalue weighted by Gasteiger charge is -2.19. The summed E-state index contributed by atoms with van der Waals surface area (Å²) >= 11 is 0. The Labute approximate surface area is 127 Å². The normalized spacial score (nSPS) is 16.1. The third-order valence-electron chi connectivity index (χ3n) is 4.47. The summed E-state index contributed by atoms with van der Waals surface area (Å²) in [6.07, 6.45) is 5.09. The molecule has 0 aromatic heterocycles. The van der Waals surface area contributed by atoms with Gasteiger partial charge in [0.05, 0.1) is 7.11 Å². The van der Waals surface area contributed by atoms with Crippen LogP contribution < -0.4 is 10.1 Å². The number of rotatable bonds is 7. The first-order chi connectivity index (χ1) is 10.3. The highest BCUT2D eigenvalue weighted by Gasteiger charge is 2.30. The maximum Gasteiger partial charge on any atom is 0.119 e. The third kappa shape index (κ3) is 3.38. The first kappa shape index (κ1) is 14.4. The van der Waals surface area contributed by atoms with E-state index in [1.807, 2.05) is 6.07 Å². The van der Waals surface area contributed by atoms with Gasteiger partial charge in [-0.1, -0.05) is 31.2 Å². The zero-order chi connectivity index (χ0) is 14.7. The molecule has 3 rings (SSSR count). The van der Waals surface area contributed by atoms with Crippen LogP contribution in [0.4, 0.5) is 0 Å². The Kier molecular flexibility index (Phi) is 4.45. The highest BCUT2D eigenvalue weighted by atomic mass is 16.5. The molecule has 2 nitrogen and oxygen atoms in total. The zero-order valence-corrected chi connectivity index (χ0v) is 13.1. The SMILES string of the molecule is CCCNC(Cc1cccc2ccc(OC)cc12)C1CC1. The third-order valence-corrected chi connectivity index (χ3v) is 4.47. The highest BCUT2D eigenvalue weighted by molar-refractivity contribution is 5.87. The van der Waals surface area contributed by atoms with E-state index >= 15 is 0 Å². The number of hydrogen-bond donors (Lipinski definition) is 1. The van der Waals surface area contributed by atoms with Crippen molar-refractivity contribution in [3.05, 3.63) is 42.0 Å². The first-order valence-electron chi connectivity index (χ1n) is 8.11. The average molecular weight is 283 g/mol. The van der Waals surface area contributed by atoms with E-state index in [1.54, 1.807) is 7.11 Å². The van der Waals surface area contributed by atoms with E-state index in [-0.39, 0.29) is 0 Å². The van der Waals surface area contributed by atoms with E-state index in [9.17, 15) is 0 Å². The second kappa shape index (κ2) is 6.48. The monoisotopic (exact) mass is 283 g/mol. The fraction of sp³-hybridized carbons (Fsp3) is 0.474. The minimum absolute atomic E-state index is 0.627. The molecule has 2 aromatic carbocycles. The lowest BCUT2D eigenvalue weighted by atomic mass is 9.96. The molecule has 1 fully saturated rings. The van der Waals surface area contributed by atoms with Crippen LogP contribution in [0.2, 0.25) is 0 Å². The van der Waals surface area contributed by atoms with Crippen LogP contribution >= 0.6 is 0 Å². The second-order valence-corrected chi connectivity index (χ2v) is 6.11. The molecule has 1 N–H and O–H groups in total. The maximum atomic E-state index is 5.39. The van der Waals surface area contributed by atoms with E-state index in [0.717, 1.165) is 24.6 Å². The molecular formula is C19H25NO. The second-order valence-electron chi connectivity index (χ2n) is 6.11. The summed E-state index contributed by atoms with van der Waals surface area (Å²) in [6.45, 7) is 3.36. The fourth-order valence-corrected chi connectivity index (χ4v) is 3.09. The molecule has 1 aliphatic rings. The number of fused-ring (bicyclic) bond motifs is 1. The van der Waals surface area contributed by atoms with Gasteiger partial charge < -0.3 is 10.1 Å². The minimum atomic E-state index is 0.627.